The molecule has 1 saturated heterocycles. The fourth-order valence-corrected chi connectivity index (χ4v) is 2.00. The van der Waals surface area contributed by atoms with Gasteiger partial charge in [0.2, 0.25) is 0 Å². The maximum Gasteiger partial charge on any atom is 0.174 e. The van der Waals surface area contributed by atoms with Crippen molar-refractivity contribution in [1.82, 2.24) is 10.2 Å². The van der Waals surface area contributed by atoms with Crippen LogP contribution in [-0.4, -0.2) is 29.0 Å². The van der Waals surface area contributed by atoms with Crippen molar-refractivity contribution in [2.75, 3.05) is 18.5 Å². The molecule has 0 bridgehead atoms. The quantitative estimate of drug-likeness (QED) is 0.890. The number of halogens is 2. The molecule has 2 rings (SSSR count). The zero-order valence-corrected chi connectivity index (χ0v) is 10.5. The summed E-state index contributed by atoms with van der Waals surface area (Å²) >= 11 is 11.7. The smallest absolute Gasteiger partial charge is 0.174 e. The number of rotatable bonds is 2. The Kier molecular flexibility index (Phi) is 3.52. The van der Waals surface area contributed by atoms with Gasteiger partial charge in [-0.2, -0.15) is 0 Å². The van der Waals surface area contributed by atoms with E-state index in [1.165, 1.54) is 0 Å². The molecule has 1 N–H and O–H groups in total. The van der Waals surface area contributed by atoms with Crippen LogP contribution < -0.4 is 5.32 Å². The summed E-state index contributed by atoms with van der Waals surface area (Å²) < 4.78 is 5.33. The number of nitrogens with zero attached hydrogens (tertiary/aromatic N) is 2. The molecule has 6 heteroatoms. The SMILES string of the molecule is CC1(Nc2cc(Cl)nnc2Cl)CCOCC1. The van der Waals surface area contributed by atoms with Crippen LogP contribution in [0.15, 0.2) is 6.07 Å². The van der Waals surface area contributed by atoms with Crippen molar-refractivity contribution in [3.05, 3.63) is 16.4 Å². The molecule has 1 aliphatic rings. The standard InChI is InChI=1S/C10H13Cl2N3O/c1-10(2-4-16-5-3-10)13-7-6-8(11)14-15-9(7)12/h6H,2-5H2,1H3,(H,13,14). The summed E-state index contributed by atoms with van der Waals surface area (Å²) in [4.78, 5) is 0. The summed E-state index contributed by atoms with van der Waals surface area (Å²) in [5, 5.41) is 11.5. The minimum atomic E-state index is -0.0196. The van der Waals surface area contributed by atoms with Gasteiger partial charge in [-0.15, -0.1) is 10.2 Å². The molecule has 0 atom stereocenters. The van der Waals surface area contributed by atoms with E-state index in [0.717, 1.165) is 31.7 Å². The van der Waals surface area contributed by atoms with E-state index in [-0.39, 0.29) is 5.54 Å². The lowest BCUT2D eigenvalue weighted by Crippen LogP contribution is -2.40. The van der Waals surface area contributed by atoms with E-state index in [0.29, 0.717) is 10.3 Å². The van der Waals surface area contributed by atoms with Gasteiger partial charge >= 0.3 is 0 Å². The lowest BCUT2D eigenvalue weighted by molar-refractivity contribution is 0.0658. The lowest BCUT2D eigenvalue weighted by atomic mass is 9.92. The minimum absolute atomic E-state index is 0.0196. The first-order valence-electron chi connectivity index (χ1n) is 5.14. The molecular weight excluding hydrogens is 249 g/mol. The van der Waals surface area contributed by atoms with E-state index in [1.807, 2.05) is 0 Å². The normalized spacial score (nSPS) is 19.4. The van der Waals surface area contributed by atoms with Crippen molar-refractivity contribution in [1.29, 1.82) is 0 Å². The monoisotopic (exact) mass is 261 g/mol. The van der Waals surface area contributed by atoms with Gasteiger partial charge in [-0.1, -0.05) is 23.2 Å². The zero-order chi connectivity index (χ0) is 11.6. The number of aromatic nitrogens is 2. The van der Waals surface area contributed by atoms with E-state index in [9.17, 15) is 0 Å². The Morgan fingerprint density at radius 3 is 2.69 bits per heavy atom. The van der Waals surface area contributed by atoms with Crippen LogP contribution in [0.4, 0.5) is 5.69 Å². The van der Waals surface area contributed by atoms with Crippen LogP contribution >= 0.6 is 23.2 Å². The van der Waals surface area contributed by atoms with Gasteiger partial charge in [0.1, 0.15) is 0 Å². The van der Waals surface area contributed by atoms with E-state index >= 15 is 0 Å². The molecule has 0 unspecified atom stereocenters. The molecular formula is C10H13Cl2N3O. The summed E-state index contributed by atoms with van der Waals surface area (Å²) in [5.41, 5.74) is 0.708. The molecule has 0 aromatic carbocycles. The number of nitrogens with one attached hydrogen (secondary N) is 1. The Morgan fingerprint density at radius 1 is 1.31 bits per heavy atom. The van der Waals surface area contributed by atoms with Gasteiger partial charge in [0.05, 0.1) is 5.69 Å². The zero-order valence-electron chi connectivity index (χ0n) is 8.96. The summed E-state index contributed by atoms with van der Waals surface area (Å²) in [5.74, 6) is 0. The van der Waals surface area contributed by atoms with Crippen molar-refractivity contribution in [2.45, 2.75) is 25.3 Å². The second-order valence-electron chi connectivity index (χ2n) is 4.17. The Hall–Kier alpha value is -0.580. The largest absolute Gasteiger partial charge is 0.381 e. The molecule has 1 aliphatic heterocycles. The number of hydrogen-bond donors (Lipinski definition) is 1. The van der Waals surface area contributed by atoms with Gasteiger partial charge in [-0.05, 0) is 19.8 Å². The van der Waals surface area contributed by atoms with Gasteiger partial charge < -0.3 is 10.1 Å². The van der Waals surface area contributed by atoms with E-state index in [4.69, 9.17) is 27.9 Å². The van der Waals surface area contributed by atoms with Crippen molar-refractivity contribution in [2.24, 2.45) is 0 Å². The number of hydrogen-bond acceptors (Lipinski definition) is 4. The van der Waals surface area contributed by atoms with Gasteiger partial charge in [-0.3, -0.25) is 0 Å². The molecule has 0 amide bonds. The second kappa shape index (κ2) is 4.73. The molecule has 1 aromatic rings. The van der Waals surface area contributed by atoms with Crippen LogP contribution in [0.5, 0.6) is 0 Å². The Morgan fingerprint density at radius 2 is 2.00 bits per heavy atom. The van der Waals surface area contributed by atoms with Crippen LogP contribution in [-0.2, 0) is 4.74 Å². The van der Waals surface area contributed by atoms with E-state index in [1.54, 1.807) is 6.07 Å². The fourth-order valence-electron chi connectivity index (χ4n) is 1.71. The number of ether oxygens (including phenoxy) is 1. The first-order chi connectivity index (χ1) is 7.59. The topological polar surface area (TPSA) is 47.0 Å². The molecule has 0 radical (unpaired) electrons. The molecule has 2 heterocycles. The summed E-state index contributed by atoms with van der Waals surface area (Å²) in [6, 6.07) is 1.69. The first kappa shape index (κ1) is 11.9. The van der Waals surface area contributed by atoms with E-state index < -0.39 is 0 Å². The van der Waals surface area contributed by atoms with Crippen molar-refractivity contribution >= 4 is 28.9 Å². The van der Waals surface area contributed by atoms with Crippen LogP contribution in [0.1, 0.15) is 19.8 Å². The third kappa shape index (κ3) is 2.75. The van der Waals surface area contributed by atoms with Gasteiger partial charge in [0.15, 0.2) is 10.3 Å². The predicted octanol–water partition coefficient (Wildman–Crippen LogP) is 2.76. The molecule has 88 valence electrons. The molecule has 16 heavy (non-hydrogen) atoms. The minimum Gasteiger partial charge on any atom is -0.381 e. The molecule has 1 fully saturated rings. The fraction of sp³-hybridized carbons (Fsp3) is 0.600. The van der Waals surface area contributed by atoms with Crippen molar-refractivity contribution in [3.8, 4) is 0 Å². The predicted molar refractivity (Wildman–Crippen MR) is 64.1 cm³/mol. The van der Waals surface area contributed by atoms with Crippen molar-refractivity contribution in [3.63, 3.8) is 0 Å². The Balaban J connectivity index is 2.15. The third-order valence-corrected chi connectivity index (χ3v) is 3.22. The van der Waals surface area contributed by atoms with Gasteiger partial charge in [0.25, 0.3) is 0 Å². The van der Waals surface area contributed by atoms with Crippen LogP contribution in [0.3, 0.4) is 0 Å². The van der Waals surface area contributed by atoms with Gasteiger partial charge in [-0.25, -0.2) is 0 Å². The first-order valence-corrected chi connectivity index (χ1v) is 5.89. The molecule has 0 aliphatic carbocycles. The highest BCUT2D eigenvalue weighted by atomic mass is 35.5. The molecule has 4 nitrogen and oxygen atoms in total. The highest BCUT2D eigenvalue weighted by molar-refractivity contribution is 6.33. The molecule has 0 saturated carbocycles. The summed E-state index contributed by atoms with van der Waals surface area (Å²) in [6.07, 6.45) is 1.87. The van der Waals surface area contributed by atoms with Crippen LogP contribution in [0.2, 0.25) is 10.3 Å². The maximum atomic E-state index is 5.95. The number of anilines is 1. The maximum absolute atomic E-state index is 5.95. The third-order valence-electron chi connectivity index (χ3n) is 2.75. The average molecular weight is 262 g/mol. The Bertz CT molecular complexity index is 380. The van der Waals surface area contributed by atoms with Crippen LogP contribution in [0, 0.1) is 0 Å². The van der Waals surface area contributed by atoms with Crippen molar-refractivity contribution < 1.29 is 4.74 Å². The molecule has 1 aromatic heterocycles. The highest BCUT2D eigenvalue weighted by Crippen LogP contribution is 2.29. The summed E-state index contributed by atoms with van der Waals surface area (Å²) in [7, 11) is 0. The highest BCUT2D eigenvalue weighted by Gasteiger charge is 2.27. The lowest BCUT2D eigenvalue weighted by Gasteiger charge is -2.35. The second-order valence-corrected chi connectivity index (χ2v) is 4.91. The van der Waals surface area contributed by atoms with E-state index in [2.05, 4.69) is 22.4 Å². The summed E-state index contributed by atoms with van der Waals surface area (Å²) in [6.45, 7) is 3.65. The van der Waals surface area contributed by atoms with Gasteiger partial charge in [0, 0.05) is 24.8 Å². The average Bonchev–Trinajstić information content (AvgIpc) is 2.24. The Labute approximate surface area is 104 Å². The van der Waals surface area contributed by atoms with Crippen LogP contribution in [0.25, 0.3) is 0 Å². The molecule has 0 spiro atoms.